The van der Waals surface area contributed by atoms with E-state index >= 15 is 0 Å². The van der Waals surface area contributed by atoms with E-state index in [1.807, 2.05) is 18.2 Å². The molecule has 6 heteroatoms. The number of hydrogen-bond acceptors (Lipinski definition) is 4. The second kappa shape index (κ2) is 9.16. The zero-order valence-electron chi connectivity index (χ0n) is 18.6. The van der Waals surface area contributed by atoms with Crippen LogP contribution in [-0.2, 0) is 11.2 Å². The SMILES string of the molecule is COc1ccc2c(c1)N1CCN(c3ccc(F)cc3)C[C@@H]1[C@H](C(=O)NCCC(C)C)C2. The molecule has 0 aromatic heterocycles. The van der Waals surface area contributed by atoms with Crippen LogP contribution in [0.15, 0.2) is 42.5 Å². The molecule has 0 radical (unpaired) electrons. The minimum atomic E-state index is -0.233. The molecule has 166 valence electrons. The predicted molar refractivity (Wildman–Crippen MR) is 122 cm³/mol. The average Bonchev–Trinajstić information content (AvgIpc) is 2.78. The molecule has 0 saturated carbocycles. The van der Waals surface area contributed by atoms with E-state index < -0.39 is 0 Å². The molecule has 0 unspecified atom stereocenters. The lowest BCUT2D eigenvalue weighted by Gasteiger charge is -2.49. The lowest BCUT2D eigenvalue weighted by atomic mass is 9.83. The van der Waals surface area contributed by atoms with E-state index in [4.69, 9.17) is 4.74 Å². The summed E-state index contributed by atoms with van der Waals surface area (Å²) in [5, 5.41) is 3.17. The van der Waals surface area contributed by atoms with Crippen LogP contribution in [0.2, 0.25) is 0 Å². The average molecular weight is 426 g/mol. The molecule has 31 heavy (non-hydrogen) atoms. The second-order valence-corrected chi connectivity index (χ2v) is 8.96. The number of fused-ring (bicyclic) bond motifs is 3. The summed E-state index contributed by atoms with van der Waals surface area (Å²) in [7, 11) is 1.68. The number of ether oxygens (including phenoxy) is 1. The number of anilines is 2. The largest absolute Gasteiger partial charge is 0.497 e. The minimum Gasteiger partial charge on any atom is -0.497 e. The fourth-order valence-corrected chi connectivity index (χ4v) is 4.71. The van der Waals surface area contributed by atoms with Gasteiger partial charge in [-0.05, 0) is 54.7 Å². The van der Waals surface area contributed by atoms with Crippen molar-refractivity contribution in [2.24, 2.45) is 11.8 Å². The molecule has 1 saturated heterocycles. The van der Waals surface area contributed by atoms with Crippen molar-refractivity contribution in [2.75, 3.05) is 43.1 Å². The van der Waals surface area contributed by atoms with Gasteiger partial charge < -0.3 is 19.9 Å². The Hall–Kier alpha value is -2.76. The number of hydrogen-bond donors (Lipinski definition) is 1. The molecular weight excluding hydrogens is 393 g/mol. The van der Waals surface area contributed by atoms with E-state index in [1.165, 1.54) is 17.7 Å². The van der Waals surface area contributed by atoms with Crippen LogP contribution in [-0.4, -0.2) is 45.2 Å². The number of amides is 1. The molecule has 1 fully saturated rings. The van der Waals surface area contributed by atoms with Crippen molar-refractivity contribution in [3.8, 4) is 5.75 Å². The molecule has 4 rings (SSSR count). The van der Waals surface area contributed by atoms with Crippen molar-refractivity contribution >= 4 is 17.3 Å². The number of halogens is 1. The number of rotatable bonds is 6. The maximum Gasteiger partial charge on any atom is 0.225 e. The quantitative estimate of drug-likeness (QED) is 0.763. The van der Waals surface area contributed by atoms with Crippen molar-refractivity contribution < 1.29 is 13.9 Å². The van der Waals surface area contributed by atoms with Gasteiger partial charge in [-0.2, -0.15) is 0 Å². The van der Waals surface area contributed by atoms with Gasteiger partial charge in [0.2, 0.25) is 5.91 Å². The summed E-state index contributed by atoms with van der Waals surface area (Å²) in [6.07, 6.45) is 1.69. The summed E-state index contributed by atoms with van der Waals surface area (Å²) in [5.41, 5.74) is 3.35. The summed E-state index contributed by atoms with van der Waals surface area (Å²) in [4.78, 5) is 17.9. The van der Waals surface area contributed by atoms with Gasteiger partial charge in [0.05, 0.1) is 19.1 Å². The van der Waals surface area contributed by atoms with E-state index in [-0.39, 0.29) is 23.7 Å². The van der Waals surface area contributed by atoms with Crippen molar-refractivity contribution in [1.29, 1.82) is 0 Å². The Morgan fingerprint density at radius 1 is 1.19 bits per heavy atom. The Labute approximate surface area is 184 Å². The highest BCUT2D eigenvalue weighted by Crippen LogP contribution is 2.39. The third-order valence-electron chi connectivity index (χ3n) is 6.47. The summed E-state index contributed by atoms with van der Waals surface area (Å²) < 4.78 is 18.9. The standard InChI is InChI=1S/C25H32FN3O2/c1-17(2)10-11-27-25(30)22-14-18-4-9-21(31-3)15-23(18)29-13-12-28(16-24(22)29)20-7-5-19(26)6-8-20/h4-9,15,17,22,24H,10-14,16H2,1-3H3,(H,27,30)/t22-,24-/m1/s1. The van der Waals surface area contributed by atoms with Crippen molar-refractivity contribution in [3.05, 3.63) is 53.8 Å². The van der Waals surface area contributed by atoms with Crippen LogP contribution in [0.5, 0.6) is 5.75 Å². The first kappa shape index (κ1) is 21.5. The van der Waals surface area contributed by atoms with Gasteiger partial charge in [0.1, 0.15) is 11.6 Å². The zero-order chi connectivity index (χ0) is 22.0. The Morgan fingerprint density at radius 2 is 1.97 bits per heavy atom. The second-order valence-electron chi connectivity index (χ2n) is 8.96. The molecule has 5 nitrogen and oxygen atoms in total. The van der Waals surface area contributed by atoms with Gasteiger partial charge in [-0.1, -0.05) is 19.9 Å². The molecule has 2 aliphatic rings. The number of nitrogens with zero attached hydrogens (tertiary/aromatic N) is 2. The summed E-state index contributed by atoms with van der Waals surface area (Å²) in [6, 6.07) is 12.8. The van der Waals surface area contributed by atoms with E-state index in [1.54, 1.807) is 7.11 Å². The molecule has 0 bridgehead atoms. The molecular formula is C25H32FN3O2. The molecule has 0 aliphatic carbocycles. The fraction of sp³-hybridized carbons (Fsp3) is 0.480. The molecule has 2 aromatic rings. The van der Waals surface area contributed by atoms with Crippen LogP contribution in [0.3, 0.4) is 0 Å². The van der Waals surface area contributed by atoms with Gasteiger partial charge in [-0.15, -0.1) is 0 Å². The van der Waals surface area contributed by atoms with Crippen LogP contribution < -0.4 is 19.9 Å². The van der Waals surface area contributed by atoms with Crippen molar-refractivity contribution in [2.45, 2.75) is 32.7 Å². The lowest BCUT2D eigenvalue weighted by Crippen LogP contribution is -2.61. The van der Waals surface area contributed by atoms with E-state index in [0.717, 1.165) is 43.2 Å². The van der Waals surface area contributed by atoms with Crippen molar-refractivity contribution in [3.63, 3.8) is 0 Å². The van der Waals surface area contributed by atoms with Gasteiger partial charge in [0.25, 0.3) is 0 Å². The highest BCUT2D eigenvalue weighted by molar-refractivity contribution is 5.82. The lowest BCUT2D eigenvalue weighted by molar-refractivity contribution is -0.125. The van der Waals surface area contributed by atoms with Crippen LogP contribution >= 0.6 is 0 Å². The number of carbonyl (C=O) groups excluding carboxylic acids is 1. The summed E-state index contributed by atoms with van der Waals surface area (Å²) >= 11 is 0. The van der Waals surface area contributed by atoms with Crippen LogP contribution in [0.4, 0.5) is 15.8 Å². The minimum absolute atomic E-state index is 0.0532. The first-order valence-corrected chi connectivity index (χ1v) is 11.2. The highest BCUT2D eigenvalue weighted by atomic mass is 19.1. The zero-order valence-corrected chi connectivity index (χ0v) is 18.6. The van der Waals surface area contributed by atoms with Gasteiger partial charge in [0.15, 0.2) is 0 Å². The monoisotopic (exact) mass is 425 g/mol. The van der Waals surface area contributed by atoms with E-state index in [9.17, 15) is 9.18 Å². The molecule has 2 aromatic carbocycles. The summed E-state index contributed by atoms with van der Waals surface area (Å²) in [6.45, 7) is 7.39. The van der Waals surface area contributed by atoms with E-state index in [0.29, 0.717) is 18.9 Å². The van der Waals surface area contributed by atoms with Gasteiger partial charge >= 0.3 is 0 Å². The molecule has 1 N–H and O–H groups in total. The molecule has 2 aliphatic heterocycles. The predicted octanol–water partition coefficient (Wildman–Crippen LogP) is 3.86. The Kier molecular flexibility index (Phi) is 6.35. The van der Waals surface area contributed by atoms with Gasteiger partial charge in [0, 0.05) is 43.6 Å². The van der Waals surface area contributed by atoms with Crippen LogP contribution in [0.1, 0.15) is 25.8 Å². The Balaban J connectivity index is 1.60. The third kappa shape index (κ3) is 4.63. The van der Waals surface area contributed by atoms with Gasteiger partial charge in [-0.25, -0.2) is 4.39 Å². The summed E-state index contributed by atoms with van der Waals surface area (Å²) in [5.74, 6) is 1.15. The first-order valence-electron chi connectivity index (χ1n) is 11.2. The fourth-order valence-electron chi connectivity index (χ4n) is 4.71. The smallest absolute Gasteiger partial charge is 0.225 e. The number of benzene rings is 2. The number of carbonyl (C=O) groups is 1. The van der Waals surface area contributed by atoms with Crippen LogP contribution in [0.25, 0.3) is 0 Å². The van der Waals surface area contributed by atoms with Crippen molar-refractivity contribution in [1.82, 2.24) is 5.32 Å². The molecule has 1 amide bonds. The highest BCUT2D eigenvalue weighted by Gasteiger charge is 2.41. The number of methoxy groups -OCH3 is 1. The maximum atomic E-state index is 13.4. The Bertz CT molecular complexity index is 915. The van der Waals surface area contributed by atoms with E-state index in [2.05, 4.69) is 41.1 Å². The third-order valence-corrected chi connectivity index (χ3v) is 6.47. The molecule has 0 spiro atoms. The maximum absolute atomic E-state index is 13.4. The topological polar surface area (TPSA) is 44.8 Å². The normalized spacial score (nSPS) is 20.3. The molecule has 2 heterocycles. The van der Waals surface area contributed by atoms with Gasteiger partial charge in [-0.3, -0.25) is 4.79 Å². The molecule has 2 atom stereocenters. The Morgan fingerprint density at radius 3 is 2.68 bits per heavy atom. The first-order chi connectivity index (χ1) is 15.0. The number of nitrogens with one attached hydrogen (secondary N) is 1. The van der Waals surface area contributed by atoms with Crippen LogP contribution in [0, 0.1) is 17.7 Å². The number of piperazine rings is 1.